The standard InChI is InChI=1S/C13H12F3NO4/c1-2-20-11(19)5-8-3-4-9(6-17)10(7-18)12(8)21-13(14,15)16/h3-4,18H,2,5,7H2,1H3. The molecule has 1 aromatic carbocycles. The van der Waals surface area contributed by atoms with E-state index in [1.54, 1.807) is 13.0 Å². The second-order valence-corrected chi connectivity index (χ2v) is 3.88. The molecule has 0 aromatic heterocycles. The van der Waals surface area contributed by atoms with Gasteiger partial charge >= 0.3 is 12.3 Å². The molecular formula is C13H12F3NO4. The van der Waals surface area contributed by atoms with Gasteiger partial charge in [0.15, 0.2) is 0 Å². The van der Waals surface area contributed by atoms with E-state index in [-0.39, 0.29) is 23.3 Å². The highest BCUT2D eigenvalue weighted by atomic mass is 19.4. The van der Waals surface area contributed by atoms with Crippen LogP contribution in [0.2, 0.25) is 0 Å². The minimum Gasteiger partial charge on any atom is -0.466 e. The van der Waals surface area contributed by atoms with Gasteiger partial charge in [-0.05, 0) is 13.0 Å². The molecule has 0 fully saturated rings. The zero-order valence-electron chi connectivity index (χ0n) is 11.0. The molecule has 21 heavy (non-hydrogen) atoms. The number of nitriles is 1. The first kappa shape index (κ1) is 16.8. The average molecular weight is 303 g/mol. The van der Waals surface area contributed by atoms with Crippen LogP contribution in [-0.2, 0) is 22.6 Å². The van der Waals surface area contributed by atoms with Gasteiger partial charge in [-0.1, -0.05) is 6.07 Å². The lowest BCUT2D eigenvalue weighted by molar-refractivity contribution is -0.275. The van der Waals surface area contributed by atoms with Crippen LogP contribution in [-0.4, -0.2) is 24.0 Å². The van der Waals surface area contributed by atoms with Gasteiger partial charge in [0.1, 0.15) is 5.75 Å². The maximum Gasteiger partial charge on any atom is 0.573 e. The number of carbonyl (C=O) groups excluding carboxylic acids is 1. The molecule has 0 spiro atoms. The van der Waals surface area contributed by atoms with E-state index in [1.165, 1.54) is 6.07 Å². The number of aliphatic hydroxyl groups is 1. The maximum absolute atomic E-state index is 12.5. The Morgan fingerprint density at radius 1 is 1.43 bits per heavy atom. The summed E-state index contributed by atoms with van der Waals surface area (Å²) in [6.45, 7) is 0.811. The minimum absolute atomic E-state index is 0.0808. The summed E-state index contributed by atoms with van der Waals surface area (Å²) in [5.74, 6) is -1.48. The van der Waals surface area contributed by atoms with Crippen molar-refractivity contribution in [2.24, 2.45) is 0 Å². The summed E-state index contributed by atoms with van der Waals surface area (Å²) in [6, 6.07) is 4.03. The Balaban J connectivity index is 3.29. The van der Waals surface area contributed by atoms with Crippen LogP contribution < -0.4 is 4.74 Å². The number of alkyl halides is 3. The lowest BCUT2D eigenvalue weighted by Crippen LogP contribution is -2.20. The van der Waals surface area contributed by atoms with Gasteiger partial charge in [-0.3, -0.25) is 4.79 Å². The molecule has 1 N–H and O–H groups in total. The Morgan fingerprint density at radius 3 is 2.57 bits per heavy atom. The van der Waals surface area contributed by atoms with Crippen molar-refractivity contribution in [2.75, 3.05) is 6.61 Å². The van der Waals surface area contributed by atoms with E-state index >= 15 is 0 Å². The molecule has 5 nitrogen and oxygen atoms in total. The fourth-order valence-electron chi connectivity index (χ4n) is 1.69. The van der Waals surface area contributed by atoms with Gasteiger partial charge < -0.3 is 14.6 Å². The summed E-state index contributed by atoms with van der Waals surface area (Å²) in [6.07, 6.45) is -5.47. The van der Waals surface area contributed by atoms with Crippen molar-refractivity contribution in [1.29, 1.82) is 5.26 Å². The van der Waals surface area contributed by atoms with Crippen LogP contribution in [0.3, 0.4) is 0 Å². The second-order valence-electron chi connectivity index (χ2n) is 3.88. The van der Waals surface area contributed by atoms with Gasteiger partial charge in [0.25, 0.3) is 0 Å². The van der Waals surface area contributed by atoms with Crippen LogP contribution in [0.5, 0.6) is 5.75 Å². The maximum atomic E-state index is 12.5. The number of carbonyl (C=O) groups is 1. The molecule has 0 amide bonds. The Bertz CT molecular complexity index is 564. The number of rotatable bonds is 5. The molecule has 0 saturated heterocycles. The van der Waals surface area contributed by atoms with Crippen LogP contribution >= 0.6 is 0 Å². The number of esters is 1. The quantitative estimate of drug-likeness (QED) is 0.842. The molecule has 0 aliphatic rings. The molecule has 0 saturated carbocycles. The molecule has 0 aliphatic carbocycles. The lowest BCUT2D eigenvalue weighted by atomic mass is 10.0. The number of hydrogen-bond donors (Lipinski definition) is 1. The highest BCUT2D eigenvalue weighted by Gasteiger charge is 2.34. The third-order valence-corrected chi connectivity index (χ3v) is 2.48. The molecular weight excluding hydrogens is 291 g/mol. The summed E-state index contributed by atoms with van der Waals surface area (Å²) < 4.78 is 45.9. The van der Waals surface area contributed by atoms with E-state index in [0.717, 1.165) is 6.07 Å². The molecule has 8 heteroatoms. The average Bonchev–Trinajstić information content (AvgIpc) is 2.39. The number of aliphatic hydroxyl groups excluding tert-OH is 1. The van der Waals surface area contributed by atoms with Crippen molar-refractivity contribution in [2.45, 2.75) is 26.3 Å². The van der Waals surface area contributed by atoms with Crippen molar-refractivity contribution in [1.82, 2.24) is 0 Å². The molecule has 0 aliphatic heterocycles. The van der Waals surface area contributed by atoms with E-state index in [9.17, 15) is 23.1 Å². The minimum atomic E-state index is -5.01. The van der Waals surface area contributed by atoms with Gasteiger partial charge in [-0.15, -0.1) is 13.2 Å². The zero-order chi connectivity index (χ0) is 16.0. The first-order valence-electron chi connectivity index (χ1n) is 5.89. The van der Waals surface area contributed by atoms with E-state index in [2.05, 4.69) is 9.47 Å². The van der Waals surface area contributed by atoms with Crippen molar-refractivity contribution < 1.29 is 32.5 Å². The van der Waals surface area contributed by atoms with Gasteiger partial charge in [-0.2, -0.15) is 5.26 Å². The smallest absolute Gasteiger partial charge is 0.466 e. The van der Waals surface area contributed by atoms with Crippen LogP contribution in [0.1, 0.15) is 23.6 Å². The normalized spacial score (nSPS) is 10.9. The Labute approximate surface area is 118 Å². The molecule has 1 aromatic rings. The molecule has 114 valence electrons. The Hall–Kier alpha value is -2.27. The predicted octanol–water partition coefficient (Wildman–Crippen LogP) is 2.05. The van der Waals surface area contributed by atoms with Crippen LogP contribution in [0.15, 0.2) is 12.1 Å². The second kappa shape index (κ2) is 6.95. The van der Waals surface area contributed by atoms with Crippen LogP contribution in [0, 0.1) is 11.3 Å². The van der Waals surface area contributed by atoms with Crippen LogP contribution in [0.4, 0.5) is 13.2 Å². The molecule has 1 rings (SSSR count). The highest BCUT2D eigenvalue weighted by molar-refractivity contribution is 5.74. The number of ether oxygens (including phenoxy) is 2. The molecule has 0 atom stereocenters. The summed E-state index contributed by atoms with van der Waals surface area (Å²) in [5.41, 5.74) is -0.602. The number of nitrogens with zero attached hydrogens (tertiary/aromatic N) is 1. The van der Waals surface area contributed by atoms with Gasteiger partial charge in [0, 0.05) is 11.1 Å². The third kappa shape index (κ3) is 4.65. The molecule has 0 heterocycles. The SMILES string of the molecule is CCOC(=O)Cc1ccc(C#N)c(CO)c1OC(F)(F)F. The van der Waals surface area contributed by atoms with Crippen LogP contribution in [0.25, 0.3) is 0 Å². The summed E-state index contributed by atoms with van der Waals surface area (Å²) in [4.78, 5) is 11.4. The van der Waals surface area contributed by atoms with Gasteiger partial charge in [0.2, 0.25) is 0 Å². The number of hydrogen-bond acceptors (Lipinski definition) is 5. The topological polar surface area (TPSA) is 79.6 Å². The van der Waals surface area contributed by atoms with Crippen molar-refractivity contribution in [3.63, 3.8) is 0 Å². The summed E-state index contributed by atoms with van der Waals surface area (Å²) in [5, 5.41) is 18.0. The van der Waals surface area contributed by atoms with E-state index in [1.807, 2.05) is 0 Å². The molecule has 0 bridgehead atoms. The predicted molar refractivity (Wildman–Crippen MR) is 64.1 cm³/mol. The van der Waals surface area contributed by atoms with Crippen molar-refractivity contribution in [3.8, 4) is 11.8 Å². The molecule has 0 unspecified atom stereocenters. The fourth-order valence-corrected chi connectivity index (χ4v) is 1.69. The number of benzene rings is 1. The van der Waals surface area contributed by atoms with Gasteiger partial charge in [0.05, 0.1) is 31.3 Å². The fraction of sp³-hybridized carbons (Fsp3) is 0.385. The summed E-state index contributed by atoms with van der Waals surface area (Å²) >= 11 is 0. The van der Waals surface area contributed by atoms with Gasteiger partial charge in [-0.25, -0.2) is 0 Å². The van der Waals surface area contributed by atoms with Crippen molar-refractivity contribution >= 4 is 5.97 Å². The largest absolute Gasteiger partial charge is 0.573 e. The Morgan fingerprint density at radius 2 is 2.10 bits per heavy atom. The summed E-state index contributed by atoms with van der Waals surface area (Å²) in [7, 11) is 0. The molecule has 0 radical (unpaired) electrons. The Kier molecular flexibility index (Phi) is 5.55. The monoisotopic (exact) mass is 303 g/mol. The first-order valence-corrected chi connectivity index (χ1v) is 5.89. The zero-order valence-corrected chi connectivity index (χ0v) is 11.0. The van der Waals surface area contributed by atoms with E-state index in [0.29, 0.717) is 0 Å². The van der Waals surface area contributed by atoms with E-state index < -0.39 is 31.1 Å². The van der Waals surface area contributed by atoms with E-state index in [4.69, 9.17) is 5.26 Å². The van der Waals surface area contributed by atoms with Crippen molar-refractivity contribution in [3.05, 3.63) is 28.8 Å². The first-order chi connectivity index (χ1) is 9.82. The third-order valence-electron chi connectivity index (χ3n) is 2.48. The highest BCUT2D eigenvalue weighted by Crippen LogP contribution is 2.33. The lowest BCUT2D eigenvalue weighted by Gasteiger charge is -2.17. The number of halogens is 3.